The lowest BCUT2D eigenvalue weighted by molar-refractivity contribution is -0.139. The third-order valence-corrected chi connectivity index (χ3v) is 2.08. The molecule has 0 radical (unpaired) electrons. The Labute approximate surface area is 111 Å². The van der Waals surface area contributed by atoms with Crippen LogP contribution in [0.25, 0.3) is 0 Å². The van der Waals surface area contributed by atoms with Crippen LogP contribution in [0.5, 0.6) is 0 Å². The number of carbonyl (C=O) groups excluding carboxylic acids is 1. The van der Waals surface area contributed by atoms with Gasteiger partial charge >= 0.3 is 11.9 Å². The van der Waals surface area contributed by atoms with Gasteiger partial charge in [0.1, 0.15) is 6.04 Å². The zero-order valence-electron chi connectivity index (χ0n) is 11.2. The predicted octanol–water partition coefficient (Wildman–Crippen LogP) is -0.892. The summed E-state index contributed by atoms with van der Waals surface area (Å²) in [5.74, 6) is -2.20. The van der Waals surface area contributed by atoms with Crippen molar-refractivity contribution >= 4 is 17.8 Å². The Hall–Kier alpha value is -1.67. The summed E-state index contributed by atoms with van der Waals surface area (Å²) >= 11 is 0. The number of hydrogen-bond donors (Lipinski definition) is 5. The minimum absolute atomic E-state index is 0.102. The highest BCUT2D eigenvalue weighted by atomic mass is 16.4. The second kappa shape index (κ2) is 10.3. The molecule has 0 aromatic heterocycles. The Morgan fingerprint density at radius 3 is 1.74 bits per heavy atom. The first kappa shape index (κ1) is 19.7. The first-order chi connectivity index (χ1) is 8.57. The maximum Gasteiger partial charge on any atom is 0.320 e. The van der Waals surface area contributed by atoms with E-state index in [0.29, 0.717) is 12.3 Å². The zero-order valence-corrected chi connectivity index (χ0v) is 11.2. The summed E-state index contributed by atoms with van der Waals surface area (Å²) in [5.41, 5.74) is 15.1. The number of carboxylic acids is 2. The van der Waals surface area contributed by atoms with E-state index < -0.39 is 29.9 Å². The number of amides is 1. The van der Waals surface area contributed by atoms with Crippen LogP contribution in [0.1, 0.15) is 33.1 Å². The number of nitrogens with two attached hydrogens (primary N) is 3. The lowest BCUT2D eigenvalue weighted by Gasteiger charge is -2.07. The molecule has 1 amide bonds. The van der Waals surface area contributed by atoms with Gasteiger partial charge in [-0.1, -0.05) is 13.8 Å². The van der Waals surface area contributed by atoms with Crippen LogP contribution in [-0.4, -0.2) is 40.1 Å². The highest BCUT2D eigenvalue weighted by Crippen LogP contribution is 2.01. The molecule has 8 heteroatoms. The van der Waals surface area contributed by atoms with Crippen molar-refractivity contribution < 1.29 is 24.6 Å². The SMILES string of the molecule is CC(C)C[C@H](N)C(=O)O.NC(=O)[C@H](N)CCC(=O)O. The molecule has 8 N–H and O–H groups in total. The maximum atomic E-state index is 10.2. The highest BCUT2D eigenvalue weighted by molar-refractivity contribution is 5.80. The zero-order chi connectivity index (χ0) is 15.6. The van der Waals surface area contributed by atoms with Crippen LogP contribution < -0.4 is 17.2 Å². The lowest BCUT2D eigenvalue weighted by atomic mass is 10.1. The van der Waals surface area contributed by atoms with Crippen LogP contribution >= 0.6 is 0 Å². The van der Waals surface area contributed by atoms with E-state index >= 15 is 0 Å². The first-order valence-corrected chi connectivity index (χ1v) is 5.83. The summed E-state index contributed by atoms with van der Waals surface area (Å²) in [6, 6.07) is -1.53. The number of aliphatic carboxylic acids is 2. The third-order valence-electron chi connectivity index (χ3n) is 2.08. The van der Waals surface area contributed by atoms with Gasteiger partial charge in [-0.15, -0.1) is 0 Å². The van der Waals surface area contributed by atoms with Gasteiger partial charge in [-0.25, -0.2) is 0 Å². The van der Waals surface area contributed by atoms with Crippen molar-refractivity contribution in [3.63, 3.8) is 0 Å². The van der Waals surface area contributed by atoms with Gasteiger partial charge in [0, 0.05) is 6.42 Å². The van der Waals surface area contributed by atoms with Gasteiger partial charge in [0.15, 0.2) is 0 Å². The molecule has 0 aliphatic heterocycles. The van der Waals surface area contributed by atoms with E-state index in [1.54, 1.807) is 0 Å². The van der Waals surface area contributed by atoms with Gasteiger partial charge in [-0.2, -0.15) is 0 Å². The topological polar surface area (TPSA) is 170 Å². The minimum Gasteiger partial charge on any atom is -0.481 e. The van der Waals surface area contributed by atoms with Crippen LogP contribution in [0.2, 0.25) is 0 Å². The number of hydrogen-bond acceptors (Lipinski definition) is 5. The van der Waals surface area contributed by atoms with Gasteiger partial charge < -0.3 is 27.4 Å². The maximum absolute atomic E-state index is 10.2. The van der Waals surface area contributed by atoms with Gasteiger partial charge in [0.05, 0.1) is 6.04 Å². The van der Waals surface area contributed by atoms with Crippen molar-refractivity contribution in [3.05, 3.63) is 0 Å². The smallest absolute Gasteiger partial charge is 0.320 e. The second-order valence-corrected chi connectivity index (χ2v) is 4.52. The second-order valence-electron chi connectivity index (χ2n) is 4.52. The van der Waals surface area contributed by atoms with E-state index in [1.165, 1.54) is 0 Å². The average molecular weight is 277 g/mol. The van der Waals surface area contributed by atoms with Crippen LogP contribution in [0, 0.1) is 5.92 Å². The largest absolute Gasteiger partial charge is 0.481 e. The van der Waals surface area contributed by atoms with Crippen molar-refractivity contribution in [2.75, 3.05) is 0 Å². The molecule has 2 atom stereocenters. The summed E-state index contributed by atoms with van der Waals surface area (Å²) in [6.45, 7) is 3.89. The molecule has 0 unspecified atom stereocenters. The molecule has 0 aliphatic rings. The Kier molecular flexibility index (Phi) is 10.6. The molecule has 0 saturated carbocycles. The normalized spacial score (nSPS) is 13.1. The molecule has 0 bridgehead atoms. The summed E-state index contributed by atoms with van der Waals surface area (Å²) in [5, 5.41) is 16.4. The van der Waals surface area contributed by atoms with E-state index in [4.69, 9.17) is 27.4 Å². The molecule has 0 aromatic carbocycles. The fourth-order valence-corrected chi connectivity index (χ4v) is 1.03. The quantitative estimate of drug-likeness (QED) is 0.401. The molecule has 19 heavy (non-hydrogen) atoms. The Balaban J connectivity index is 0. The third kappa shape index (κ3) is 14.3. The van der Waals surface area contributed by atoms with Gasteiger partial charge in [-0.05, 0) is 18.8 Å². The number of rotatable bonds is 7. The van der Waals surface area contributed by atoms with Crippen LogP contribution in [0.15, 0.2) is 0 Å². The van der Waals surface area contributed by atoms with E-state index in [9.17, 15) is 14.4 Å². The molecule has 0 rings (SSSR count). The monoisotopic (exact) mass is 277 g/mol. The number of primary amides is 1. The van der Waals surface area contributed by atoms with Crippen molar-refractivity contribution in [2.24, 2.45) is 23.1 Å². The van der Waals surface area contributed by atoms with Crippen molar-refractivity contribution in [2.45, 2.75) is 45.2 Å². The lowest BCUT2D eigenvalue weighted by Crippen LogP contribution is -2.36. The van der Waals surface area contributed by atoms with E-state index in [2.05, 4.69) is 0 Å². The molecular formula is C11H23N3O5. The fraction of sp³-hybridized carbons (Fsp3) is 0.727. The Morgan fingerprint density at radius 1 is 1.05 bits per heavy atom. The molecule has 0 heterocycles. The molecular weight excluding hydrogens is 254 g/mol. The van der Waals surface area contributed by atoms with Crippen LogP contribution in [0.4, 0.5) is 0 Å². The van der Waals surface area contributed by atoms with Gasteiger partial charge in [0.25, 0.3) is 0 Å². The fourth-order valence-electron chi connectivity index (χ4n) is 1.03. The average Bonchev–Trinajstić information content (AvgIpc) is 2.25. The minimum atomic E-state index is -0.975. The molecule has 0 fully saturated rings. The van der Waals surface area contributed by atoms with Crippen LogP contribution in [-0.2, 0) is 14.4 Å². The summed E-state index contributed by atoms with van der Waals surface area (Å²) in [6.07, 6.45) is 0.532. The molecule has 0 spiro atoms. The van der Waals surface area contributed by atoms with Gasteiger partial charge in [-0.3, -0.25) is 14.4 Å². The van der Waals surface area contributed by atoms with E-state index in [0.717, 1.165) is 0 Å². The first-order valence-electron chi connectivity index (χ1n) is 5.83. The number of carboxylic acid groups (broad SMARTS) is 2. The Morgan fingerprint density at radius 2 is 1.53 bits per heavy atom. The molecule has 112 valence electrons. The van der Waals surface area contributed by atoms with Crippen molar-refractivity contribution in [1.82, 2.24) is 0 Å². The standard InChI is InChI=1S/C6H13NO2.C5H10N2O3/c1-4(2)3-5(7)6(8)9;6-3(5(7)10)1-2-4(8)9/h4-5H,3,7H2,1-2H3,(H,8,9);3H,1-2,6H2,(H2,7,10)(H,8,9)/t5-;3-/m01/s1. The predicted molar refractivity (Wildman–Crippen MR) is 69.1 cm³/mol. The van der Waals surface area contributed by atoms with Crippen LogP contribution in [0.3, 0.4) is 0 Å². The molecule has 0 aromatic rings. The highest BCUT2D eigenvalue weighted by Gasteiger charge is 2.12. The van der Waals surface area contributed by atoms with E-state index in [-0.39, 0.29) is 12.8 Å². The number of carbonyl (C=O) groups is 3. The molecule has 0 aliphatic carbocycles. The summed E-state index contributed by atoms with van der Waals surface area (Å²) in [4.78, 5) is 30.2. The van der Waals surface area contributed by atoms with Gasteiger partial charge in [0.2, 0.25) is 5.91 Å². The van der Waals surface area contributed by atoms with E-state index in [1.807, 2.05) is 13.8 Å². The Bertz CT molecular complexity index is 307. The van der Waals surface area contributed by atoms with Crippen molar-refractivity contribution in [3.8, 4) is 0 Å². The molecule has 8 nitrogen and oxygen atoms in total. The summed E-state index contributed by atoms with van der Waals surface area (Å²) in [7, 11) is 0. The summed E-state index contributed by atoms with van der Waals surface area (Å²) < 4.78 is 0. The van der Waals surface area contributed by atoms with Crippen molar-refractivity contribution in [1.29, 1.82) is 0 Å². The molecule has 0 saturated heterocycles.